The molecule has 2 aromatic carbocycles. The third kappa shape index (κ3) is 4.87. The molecule has 0 aliphatic heterocycles. The minimum absolute atomic E-state index is 0.269. The van der Waals surface area contributed by atoms with Gasteiger partial charge in [-0.3, -0.25) is 19.7 Å². The highest BCUT2D eigenvalue weighted by atomic mass is 16.6. The smallest absolute Gasteiger partial charge is 0.329 e. The fourth-order valence-electron chi connectivity index (χ4n) is 1.99. The van der Waals surface area contributed by atoms with E-state index in [9.17, 15) is 24.8 Å². The predicted molar refractivity (Wildman–Crippen MR) is 94.9 cm³/mol. The van der Waals surface area contributed by atoms with Crippen LogP contribution < -0.4 is 10.7 Å². The van der Waals surface area contributed by atoms with Crippen LogP contribution in [0.5, 0.6) is 5.75 Å². The molecule has 2 amide bonds. The van der Waals surface area contributed by atoms with E-state index in [-0.39, 0.29) is 5.56 Å². The van der Waals surface area contributed by atoms with Crippen LogP contribution in [0.15, 0.2) is 47.6 Å². The van der Waals surface area contributed by atoms with Crippen molar-refractivity contribution >= 4 is 29.4 Å². The van der Waals surface area contributed by atoms with Crippen molar-refractivity contribution in [3.8, 4) is 5.75 Å². The lowest BCUT2D eigenvalue weighted by Gasteiger charge is -2.04. The Bertz CT molecular complexity index is 862. The van der Waals surface area contributed by atoms with Crippen molar-refractivity contribution in [1.29, 1.82) is 0 Å². The number of nitro groups is 1. The van der Waals surface area contributed by atoms with Gasteiger partial charge in [-0.05, 0) is 36.2 Å². The lowest BCUT2D eigenvalue weighted by molar-refractivity contribution is -0.385. The molecule has 0 radical (unpaired) electrons. The number of carbonyl (C=O) groups excluding carboxylic acids is 2. The molecule has 0 saturated heterocycles. The number of hydrazone groups is 1. The first-order valence-electron chi connectivity index (χ1n) is 7.61. The molecule has 26 heavy (non-hydrogen) atoms. The van der Waals surface area contributed by atoms with Gasteiger partial charge in [0.1, 0.15) is 0 Å². The molecule has 0 bridgehead atoms. The summed E-state index contributed by atoms with van der Waals surface area (Å²) < 4.78 is 0. The number of hydrogen-bond donors (Lipinski definition) is 3. The summed E-state index contributed by atoms with van der Waals surface area (Å²) in [5.74, 6) is -2.37. The first-order valence-corrected chi connectivity index (χ1v) is 7.61. The van der Waals surface area contributed by atoms with Gasteiger partial charge in [0.25, 0.3) is 0 Å². The molecular weight excluding hydrogens is 340 g/mol. The number of amides is 2. The van der Waals surface area contributed by atoms with Gasteiger partial charge in [-0.15, -0.1) is 0 Å². The largest absolute Gasteiger partial charge is 0.502 e. The number of nitrogens with zero attached hydrogens (tertiary/aromatic N) is 2. The third-order valence-corrected chi connectivity index (χ3v) is 3.40. The molecule has 0 aromatic heterocycles. The molecule has 3 N–H and O–H groups in total. The molecule has 0 heterocycles. The van der Waals surface area contributed by atoms with Crippen molar-refractivity contribution in [3.63, 3.8) is 0 Å². The molecule has 9 heteroatoms. The Morgan fingerprint density at radius 2 is 1.88 bits per heavy atom. The zero-order chi connectivity index (χ0) is 19.1. The number of aromatic hydroxyl groups is 1. The second-order valence-electron chi connectivity index (χ2n) is 5.21. The lowest BCUT2D eigenvalue weighted by Crippen LogP contribution is -2.32. The monoisotopic (exact) mass is 356 g/mol. The summed E-state index contributed by atoms with van der Waals surface area (Å²) in [5.41, 5.74) is 3.37. The minimum atomic E-state index is -0.992. The van der Waals surface area contributed by atoms with Gasteiger partial charge in [-0.25, -0.2) is 5.43 Å². The van der Waals surface area contributed by atoms with Crippen molar-refractivity contribution in [2.75, 3.05) is 5.32 Å². The number of anilines is 1. The average Bonchev–Trinajstić information content (AvgIpc) is 2.63. The van der Waals surface area contributed by atoms with Gasteiger partial charge in [0.15, 0.2) is 5.75 Å². The molecule has 0 spiro atoms. The van der Waals surface area contributed by atoms with Crippen LogP contribution in [0.4, 0.5) is 11.4 Å². The number of nitrogens with one attached hydrogen (secondary N) is 2. The lowest BCUT2D eigenvalue weighted by atomic mass is 10.1. The van der Waals surface area contributed by atoms with Crippen LogP contribution in [-0.4, -0.2) is 28.1 Å². The van der Waals surface area contributed by atoms with Crippen molar-refractivity contribution in [2.24, 2.45) is 5.10 Å². The van der Waals surface area contributed by atoms with E-state index in [0.29, 0.717) is 5.69 Å². The molecular formula is C17H16N4O5. The van der Waals surface area contributed by atoms with Gasteiger partial charge < -0.3 is 10.4 Å². The molecule has 134 valence electrons. The van der Waals surface area contributed by atoms with Crippen molar-refractivity contribution in [1.82, 2.24) is 5.43 Å². The number of aryl methyl sites for hydroxylation is 1. The highest BCUT2D eigenvalue weighted by Gasteiger charge is 2.14. The first kappa shape index (κ1) is 18.6. The number of phenols is 1. The second-order valence-corrected chi connectivity index (χ2v) is 5.21. The molecule has 0 aliphatic carbocycles. The van der Waals surface area contributed by atoms with E-state index in [1.165, 1.54) is 6.07 Å². The normalized spacial score (nSPS) is 10.5. The Morgan fingerprint density at radius 3 is 2.50 bits per heavy atom. The van der Waals surface area contributed by atoms with Crippen LogP contribution in [-0.2, 0) is 16.0 Å². The van der Waals surface area contributed by atoms with Crippen molar-refractivity contribution in [3.05, 3.63) is 63.7 Å². The maximum atomic E-state index is 11.8. The maximum Gasteiger partial charge on any atom is 0.329 e. The van der Waals surface area contributed by atoms with Gasteiger partial charge >= 0.3 is 17.5 Å². The van der Waals surface area contributed by atoms with Crippen LogP contribution in [0.3, 0.4) is 0 Å². The Labute approximate surface area is 148 Å². The standard InChI is InChI=1S/C17H16N4O5/c1-2-11-3-6-13(7-4-11)19-16(23)17(24)20-18-10-12-5-8-15(22)14(9-12)21(25)26/h3-10,22H,2H2,1H3,(H,19,23)(H,20,24)/b18-10-. The number of benzene rings is 2. The predicted octanol–water partition coefficient (Wildman–Crippen LogP) is 1.95. The number of nitro benzene ring substituents is 1. The van der Waals surface area contributed by atoms with E-state index < -0.39 is 28.2 Å². The van der Waals surface area contributed by atoms with E-state index >= 15 is 0 Å². The Kier molecular flexibility index (Phi) is 5.99. The Hall–Kier alpha value is -3.75. The SMILES string of the molecule is CCc1ccc(NC(=O)C(=O)N/N=C\c2ccc(O)c([N+](=O)[O-])c2)cc1. The number of carbonyl (C=O) groups is 2. The summed E-state index contributed by atoms with van der Waals surface area (Å²) in [5, 5.41) is 26.1. The molecule has 2 rings (SSSR count). The minimum Gasteiger partial charge on any atom is -0.502 e. The second kappa shape index (κ2) is 8.38. The molecule has 0 unspecified atom stereocenters. The zero-order valence-corrected chi connectivity index (χ0v) is 13.8. The van der Waals surface area contributed by atoms with E-state index in [2.05, 4.69) is 10.4 Å². The Balaban J connectivity index is 1.94. The van der Waals surface area contributed by atoms with Gasteiger partial charge in [0.05, 0.1) is 11.1 Å². The van der Waals surface area contributed by atoms with E-state index in [0.717, 1.165) is 30.3 Å². The van der Waals surface area contributed by atoms with E-state index in [1.54, 1.807) is 12.1 Å². The van der Waals surface area contributed by atoms with Gasteiger partial charge in [-0.2, -0.15) is 5.10 Å². The Morgan fingerprint density at radius 1 is 1.19 bits per heavy atom. The summed E-state index contributed by atoms with van der Waals surface area (Å²) in [6, 6.07) is 10.6. The summed E-state index contributed by atoms with van der Waals surface area (Å²) >= 11 is 0. The summed E-state index contributed by atoms with van der Waals surface area (Å²) in [6.07, 6.45) is 1.98. The maximum absolute atomic E-state index is 11.8. The molecule has 0 aliphatic rings. The third-order valence-electron chi connectivity index (χ3n) is 3.40. The van der Waals surface area contributed by atoms with Crippen molar-refractivity contribution in [2.45, 2.75) is 13.3 Å². The zero-order valence-electron chi connectivity index (χ0n) is 13.8. The summed E-state index contributed by atoms with van der Waals surface area (Å²) in [4.78, 5) is 33.5. The van der Waals surface area contributed by atoms with E-state index in [1.807, 2.05) is 24.5 Å². The topological polar surface area (TPSA) is 134 Å². The van der Waals surface area contributed by atoms with Crippen LogP contribution in [0.25, 0.3) is 0 Å². The van der Waals surface area contributed by atoms with E-state index in [4.69, 9.17) is 0 Å². The van der Waals surface area contributed by atoms with Crippen molar-refractivity contribution < 1.29 is 19.6 Å². The van der Waals surface area contributed by atoms with Gasteiger partial charge in [0.2, 0.25) is 0 Å². The molecule has 9 nitrogen and oxygen atoms in total. The van der Waals surface area contributed by atoms with Gasteiger partial charge in [-0.1, -0.05) is 19.1 Å². The molecule has 0 atom stereocenters. The number of hydrogen-bond acceptors (Lipinski definition) is 6. The summed E-state index contributed by atoms with van der Waals surface area (Å²) in [7, 11) is 0. The van der Waals surface area contributed by atoms with Crippen LogP contribution in [0.2, 0.25) is 0 Å². The molecule has 0 fully saturated rings. The van der Waals surface area contributed by atoms with Crippen LogP contribution in [0, 0.1) is 10.1 Å². The first-order chi connectivity index (χ1) is 12.4. The molecule has 0 saturated carbocycles. The highest BCUT2D eigenvalue weighted by molar-refractivity contribution is 6.39. The summed E-state index contributed by atoms with van der Waals surface area (Å²) in [6.45, 7) is 2.00. The van der Waals surface area contributed by atoms with Gasteiger partial charge in [0, 0.05) is 17.3 Å². The number of phenolic OH excluding ortho intramolecular Hbond substituents is 1. The fourth-order valence-corrected chi connectivity index (χ4v) is 1.99. The quantitative estimate of drug-likeness (QED) is 0.326. The van der Waals surface area contributed by atoms with Crippen LogP contribution in [0.1, 0.15) is 18.1 Å². The number of rotatable bonds is 5. The fraction of sp³-hybridized carbons (Fsp3) is 0.118. The highest BCUT2D eigenvalue weighted by Crippen LogP contribution is 2.25. The molecule has 2 aromatic rings. The average molecular weight is 356 g/mol. The van der Waals surface area contributed by atoms with Crippen LogP contribution >= 0.6 is 0 Å².